The third kappa shape index (κ3) is 2.93. The van der Waals surface area contributed by atoms with E-state index in [0.717, 1.165) is 30.6 Å². The first kappa shape index (κ1) is 14.5. The number of nitrogens with zero attached hydrogens (tertiary/aromatic N) is 5. The van der Waals surface area contributed by atoms with E-state index in [0.29, 0.717) is 11.6 Å². The molecule has 1 aliphatic heterocycles. The number of benzene rings is 1. The van der Waals surface area contributed by atoms with E-state index in [-0.39, 0.29) is 12.5 Å². The van der Waals surface area contributed by atoms with Crippen LogP contribution >= 0.6 is 0 Å². The molecular weight excluding hydrogens is 282 g/mol. The summed E-state index contributed by atoms with van der Waals surface area (Å²) < 4.78 is 2.32. The van der Waals surface area contributed by atoms with Crippen molar-refractivity contribution in [3.8, 4) is 5.69 Å². The van der Waals surface area contributed by atoms with Gasteiger partial charge in [-0.1, -0.05) is 25.1 Å². The van der Waals surface area contributed by atoms with Gasteiger partial charge in [0.25, 0.3) is 0 Å². The topological polar surface area (TPSA) is 73.0 Å². The Morgan fingerprint density at radius 2 is 1.86 bits per heavy atom. The van der Waals surface area contributed by atoms with Crippen LogP contribution in [0.25, 0.3) is 5.69 Å². The van der Waals surface area contributed by atoms with E-state index in [1.54, 1.807) is 17.0 Å². The van der Waals surface area contributed by atoms with Crippen LogP contribution in [0.4, 0.5) is 0 Å². The zero-order valence-corrected chi connectivity index (χ0v) is 12.6. The minimum absolute atomic E-state index is 0.0555. The molecule has 116 valence electrons. The molecule has 0 unspecified atom stereocenters. The molecule has 1 aromatic heterocycles. The van der Waals surface area contributed by atoms with Gasteiger partial charge in [0.05, 0.1) is 5.69 Å². The highest BCUT2D eigenvalue weighted by Gasteiger charge is 2.22. The third-order valence-corrected chi connectivity index (χ3v) is 4.06. The maximum atomic E-state index is 12.3. The highest BCUT2D eigenvalue weighted by molar-refractivity contribution is 5.75. The summed E-state index contributed by atoms with van der Waals surface area (Å²) in [6, 6.07) is 9.05. The van der Waals surface area contributed by atoms with E-state index in [9.17, 15) is 9.59 Å². The molecule has 1 saturated heterocycles. The molecular formula is C15H19N5O2. The monoisotopic (exact) mass is 301 g/mol. The minimum Gasteiger partial charge on any atom is -0.341 e. The lowest BCUT2D eigenvalue weighted by molar-refractivity contribution is -0.133. The van der Waals surface area contributed by atoms with E-state index < -0.39 is 5.69 Å². The third-order valence-electron chi connectivity index (χ3n) is 4.06. The van der Waals surface area contributed by atoms with Gasteiger partial charge in [0.2, 0.25) is 5.91 Å². The van der Waals surface area contributed by atoms with Crippen molar-refractivity contribution in [3.05, 3.63) is 40.8 Å². The van der Waals surface area contributed by atoms with Crippen LogP contribution in [0.5, 0.6) is 0 Å². The van der Waals surface area contributed by atoms with Gasteiger partial charge in [-0.25, -0.2) is 4.79 Å². The molecule has 0 bridgehead atoms. The number of piperidine rings is 1. The van der Waals surface area contributed by atoms with Crippen LogP contribution in [0.1, 0.15) is 19.8 Å². The van der Waals surface area contributed by atoms with E-state index in [1.165, 1.54) is 4.68 Å². The minimum atomic E-state index is -0.398. The van der Waals surface area contributed by atoms with Crippen molar-refractivity contribution in [1.29, 1.82) is 0 Å². The van der Waals surface area contributed by atoms with E-state index in [4.69, 9.17) is 0 Å². The number of carbonyl (C=O) groups excluding carboxylic acids is 1. The molecule has 3 rings (SSSR count). The highest BCUT2D eigenvalue weighted by atomic mass is 16.2. The summed E-state index contributed by atoms with van der Waals surface area (Å²) >= 11 is 0. The van der Waals surface area contributed by atoms with Gasteiger partial charge in [-0.15, -0.1) is 0 Å². The summed E-state index contributed by atoms with van der Waals surface area (Å²) in [6.45, 7) is 3.64. The van der Waals surface area contributed by atoms with Crippen molar-refractivity contribution in [3.63, 3.8) is 0 Å². The molecule has 0 aliphatic carbocycles. The van der Waals surface area contributed by atoms with Crippen LogP contribution in [-0.2, 0) is 11.3 Å². The van der Waals surface area contributed by atoms with Crippen molar-refractivity contribution in [1.82, 2.24) is 24.7 Å². The summed E-state index contributed by atoms with van der Waals surface area (Å²) in [4.78, 5) is 26.3. The van der Waals surface area contributed by atoms with Gasteiger partial charge < -0.3 is 4.90 Å². The second-order valence-electron chi connectivity index (χ2n) is 5.73. The van der Waals surface area contributed by atoms with Gasteiger partial charge in [0, 0.05) is 13.1 Å². The van der Waals surface area contributed by atoms with Crippen LogP contribution < -0.4 is 5.69 Å². The molecule has 1 aromatic carbocycles. The van der Waals surface area contributed by atoms with Gasteiger partial charge >= 0.3 is 5.69 Å². The predicted molar refractivity (Wildman–Crippen MR) is 80.6 cm³/mol. The van der Waals surface area contributed by atoms with Crippen molar-refractivity contribution in [2.75, 3.05) is 13.1 Å². The van der Waals surface area contributed by atoms with E-state index in [1.807, 2.05) is 18.2 Å². The van der Waals surface area contributed by atoms with E-state index in [2.05, 4.69) is 17.4 Å². The number of aromatic nitrogens is 4. The quantitative estimate of drug-likeness (QED) is 0.836. The van der Waals surface area contributed by atoms with Crippen molar-refractivity contribution >= 4 is 5.91 Å². The molecule has 22 heavy (non-hydrogen) atoms. The lowest BCUT2D eigenvalue weighted by atomic mass is 9.99. The van der Waals surface area contributed by atoms with Gasteiger partial charge in [0.1, 0.15) is 6.54 Å². The molecule has 0 atom stereocenters. The van der Waals surface area contributed by atoms with E-state index >= 15 is 0 Å². The Hall–Kier alpha value is -2.44. The molecule has 0 saturated carbocycles. The summed E-state index contributed by atoms with van der Waals surface area (Å²) in [5, 5.41) is 7.65. The summed E-state index contributed by atoms with van der Waals surface area (Å²) in [5.74, 6) is 0.583. The number of para-hydroxylation sites is 1. The fourth-order valence-corrected chi connectivity index (χ4v) is 2.59. The van der Waals surface area contributed by atoms with Crippen LogP contribution in [0.2, 0.25) is 0 Å². The number of hydrogen-bond acceptors (Lipinski definition) is 4. The van der Waals surface area contributed by atoms with Crippen LogP contribution in [-0.4, -0.2) is 43.7 Å². The smallest absolute Gasteiger partial charge is 0.341 e. The number of likely N-dealkylation sites (tertiary alicyclic amines) is 1. The lowest BCUT2D eigenvalue weighted by Crippen LogP contribution is -2.41. The molecule has 2 aromatic rings. The summed E-state index contributed by atoms with van der Waals surface area (Å²) in [7, 11) is 0. The van der Waals surface area contributed by atoms with Gasteiger partial charge in [-0.3, -0.25) is 4.79 Å². The molecule has 0 N–H and O–H groups in total. The molecule has 1 fully saturated rings. The second kappa shape index (κ2) is 6.13. The number of amides is 1. The molecule has 2 heterocycles. The largest absolute Gasteiger partial charge is 0.368 e. The van der Waals surface area contributed by atoms with Gasteiger partial charge in [0.15, 0.2) is 0 Å². The Kier molecular flexibility index (Phi) is 4.04. The zero-order valence-electron chi connectivity index (χ0n) is 12.6. The average molecular weight is 301 g/mol. The Morgan fingerprint density at radius 1 is 1.18 bits per heavy atom. The molecule has 7 nitrogen and oxygen atoms in total. The number of rotatable bonds is 3. The first-order valence-electron chi connectivity index (χ1n) is 7.51. The van der Waals surface area contributed by atoms with Crippen LogP contribution in [0.15, 0.2) is 35.1 Å². The molecule has 1 amide bonds. The maximum absolute atomic E-state index is 12.3. The Morgan fingerprint density at radius 3 is 2.55 bits per heavy atom. The van der Waals surface area contributed by atoms with Crippen molar-refractivity contribution in [2.24, 2.45) is 5.92 Å². The Bertz CT molecular complexity index is 698. The maximum Gasteiger partial charge on any atom is 0.368 e. The van der Waals surface area contributed by atoms with Crippen molar-refractivity contribution < 1.29 is 4.79 Å². The zero-order chi connectivity index (χ0) is 15.5. The number of hydrogen-bond donors (Lipinski definition) is 0. The normalized spacial score (nSPS) is 16.0. The number of carbonyl (C=O) groups is 1. The first-order chi connectivity index (χ1) is 10.6. The first-order valence-corrected chi connectivity index (χ1v) is 7.51. The summed E-state index contributed by atoms with van der Waals surface area (Å²) in [6.07, 6.45) is 2.02. The average Bonchev–Trinajstić information content (AvgIpc) is 2.90. The number of tetrazole rings is 1. The van der Waals surface area contributed by atoms with Gasteiger partial charge in [-0.2, -0.15) is 9.36 Å². The second-order valence-corrected chi connectivity index (χ2v) is 5.73. The highest BCUT2D eigenvalue weighted by Crippen LogP contribution is 2.16. The molecule has 1 aliphatic rings. The standard InChI is InChI=1S/C15H19N5O2/c1-12-7-9-18(10-8-12)14(21)11-19-15(22)20(17-16-19)13-5-3-2-4-6-13/h2-6,12H,7-11H2,1H3. The fourth-order valence-electron chi connectivity index (χ4n) is 2.59. The van der Waals surface area contributed by atoms with Gasteiger partial charge in [-0.05, 0) is 41.3 Å². The SMILES string of the molecule is CC1CCN(C(=O)Cn2nnn(-c3ccccc3)c2=O)CC1. The van der Waals surface area contributed by atoms with Crippen LogP contribution in [0.3, 0.4) is 0 Å². The Balaban J connectivity index is 1.73. The molecule has 0 spiro atoms. The van der Waals surface area contributed by atoms with Crippen molar-refractivity contribution in [2.45, 2.75) is 26.3 Å². The van der Waals surface area contributed by atoms with Crippen LogP contribution in [0, 0.1) is 5.92 Å². The fraction of sp³-hybridized carbons (Fsp3) is 0.467. The summed E-state index contributed by atoms with van der Waals surface area (Å²) in [5.41, 5.74) is 0.239. The molecule has 7 heteroatoms. The lowest BCUT2D eigenvalue weighted by Gasteiger charge is -2.30. The Labute approximate surface area is 128 Å². The predicted octanol–water partition coefficient (Wildman–Crippen LogP) is 0.687. The molecule has 0 radical (unpaired) electrons.